The van der Waals surface area contributed by atoms with Gasteiger partial charge in [0.2, 0.25) is 0 Å². The summed E-state index contributed by atoms with van der Waals surface area (Å²) in [6.07, 6.45) is 0. The van der Waals surface area contributed by atoms with E-state index in [-0.39, 0.29) is 67.4 Å². The van der Waals surface area contributed by atoms with Gasteiger partial charge in [-0.25, -0.2) is 0 Å². The minimum Gasteiger partial charge on any atom is 0 e. The van der Waals surface area contributed by atoms with Crippen molar-refractivity contribution < 1.29 is 67.4 Å². The molecule has 4 radical (unpaired) electrons. The van der Waals surface area contributed by atoms with Gasteiger partial charge in [-0.2, -0.15) is 0 Å². The standard InChI is InChI=1S/3Co.Cu. The van der Waals surface area contributed by atoms with Crippen LogP contribution in [0.3, 0.4) is 0 Å². The molecule has 0 heterocycles. The molecule has 0 unspecified atom stereocenters. The average Bonchev–Trinajstić information content (AvgIpc) is 0. The second-order valence-electron chi connectivity index (χ2n) is 0. The van der Waals surface area contributed by atoms with E-state index in [1.54, 1.807) is 0 Å². The van der Waals surface area contributed by atoms with E-state index in [0.29, 0.717) is 0 Å². The van der Waals surface area contributed by atoms with Gasteiger partial charge in [-0.05, 0) is 0 Å². The second kappa shape index (κ2) is 19.8. The average molecular weight is 240 g/mol. The van der Waals surface area contributed by atoms with Gasteiger partial charge in [0, 0.05) is 67.4 Å². The van der Waals surface area contributed by atoms with E-state index in [9.17, 15) is 0 Å². The Morgan fingerprint density at radius 2 is 0.500 bits per heavy atom. The smallest absolute Gasteiger partial charge is 0 e. The van der Waals surface area contributed by atoms with Crippen molar-refractivity contribution in [2.45, 2.75) is 0 Å². The van der Waals surface area contributed by atoms with E-state index >= 15 is 0 Å². The van der Waals surface area contributed by atoms with E-state index in [4.69, 9.17) is 0 Å². The topological polar surface area (TPSA) is 0 Å². The summed E-state index contributed by atoms with van der Waals surface area (Å²) in [6, 6.07) is 0. The normalized spacial score (nSPS) is 0. The second-order valence-corrected chi connectivity index (χ2v) is 0. The zero-order valence-corrected chi connectivity index (χ0v) is 5.37. The first-order valence-electron chi connectivity index (χ1n) is 0. The van der Waals surface area contributed by atoms with Gasteiger partial charge in [-0.3, -0.25) is 0 Å². The molecule has 0 aromatic carbocycles. The van der Waals surface area contributed by atoms with Crippen LogP contribution in [0.2, 0.25) is 0 Å². The van der Waals surface area contributed by atoms with Crippen molar-refractivity contribution in [3.8, 4) is 0 Å². The number of rotatable bonds is 0. The van der Waals surface area contributed by atoms with Gasteiger partial charge in [0.05, 0.1) is 0 Å². The first-order chi connectivity index (χ1) is 0. The summed E-state index contributed by atoms with van der Waals surface area (Å²) in [7, 11) is 0. The third-order valence-corrected chi connectivity index (χ3v) is 0. The van der Waals surface area contributed by atoms with Crippen LogP contribution in [-0.4, -0.2) is 0 Å². The van der Waals surface area contributed by atoms with Crippen molar-refractivity contribution in [3.05, 3.63) is 0 Å². The Labute approximate surface area is 66.9 Å². The summed E-state index contributed by atoms with van der Waals surface area (Å²) in [5.74, 6) is 0. The molecule has 0 aliphatic carbocycles. The summed E-state index contributed by atoms with van der Waals surface area (Å²) in [4.78, 5) is 0. The maximum absolute atomic E-state index is 0. The largest absolute Gasteiger partial charge is 0 e. The SMILES string of the molecule is [Co].[Co].[Co].[Cu]. The zero-order chi connectivity index (χ0) is 0. The van der Waals surface area contributed by atoms with Gasteiger partial charge < -0.3 is 0 Å². The first kappa shape index (κ1) is 36.9. The van der Waals surface area contributed by atoms with Crippen molar-refractivity contribution in [3.63, 3.8) is 0 Å². The van der Waals surface area contributed by atoms with Crippen LogP contribution in [0.5, 0.6) is 0 Å². The third kappa shape index (κ3) is 8.97. The van der Waals surface area contributed by atoms with Crippen LogP contribution in [0, 0.1) is 0 Å². The zero-order valence-electron chi connectivity index (χ0n) is 1.30. The molecule has 4 heteroatoms. The quantitative estimate of drug-likeness (QED) is 0.523. The summed E-state index contributed by atoms with van der Waals surface area (Å²) in [5, 5.41) is 0. The van der Waals surface area contributed by atoms with E-state index in [0.717, 1.165) is 0 Å². The molecule has 0 aromatic rings. The fourth-order valence-corrected chi connectivity index (χ4v) is 0. The minimum absolute atomic E-state index is 0. The van der Waals surface area contributed by atoms with Crippen LogP contribution in [0.15, 0.2) is 0 Å². The Bertz CT molecular complexity index is 3.25. The molecule has 0 saturated carbocycles. The first-order valence-corrected chi connectivity index (χ1v) is 0. The molecule has 0 atom stereocenters. The van der Waals surface area contributed by atoms with Crippen molar-refractivity contribution in [1.82, 2.24) is 0 Å². The predicted octanol–water partition coefficient (Wildman–Crippen LogP) is -0.0100. The molecule has 0 nitrogen and oxygen atoms in total. The molecule has 38 valence electrons. The number of hydrogen-bond acceptors (Lipinski definition) is 0. The van der Waals surface area contributed by atoms with Gasteiger partial charge in [0.15, 0.2) is 0 Å². The molecular formula is Co3Cu. The number of hydrogen-bond donors (Lipinski definition) is 0. The van der Waals surface area contributed by atoms with Crippen molar-refractivity contribution >= 4 is 0 Å². The molecule has 0 fully saturated rings. The maximum atomic E-state index is 0. The van der Waals surface area contributed by atoms with Gasteiger partial charge in [-0.1, -0.05) is 0 Å². The van der Waals surface area contributed by atoms with Crippen LogP contribution in [0.4, 0.5) is 0 Å². The van der Waals surface area contributed by atoms with E-state index in [1.165, 1.54) is 0 Å². The Kier molecular flexibility index (Phi) is 182. The van der Waals surface area contributed by atoms with Gasteiger partial charge in [-0.15, -0.1) is 0 Å². The Balaban J connectivity index is 0. The van der Waals surface area contributed by atoms with Crippen molar-refractivity contribution in [2.24, 2.45) is 0 Å². The molecular weight excluding hydrogens is 240 g/mol. The maximum Gasteiger partial charge on any atom is 0 e. The fraction of sp³-hybridized carbons (Fsp3) is 0. The summed E-state index contributed by atoms with van der Waals surface area (Å²) in [5.41, 5.74) is 0. The Morgan fingerprint density at radius 3 is 0.500 bits per heavy atom. The Hall–Kier alpha value is 2.04. The molecule has 0 aliphatic heterocycles. The molecule has 4 heavy (non-hydrogen) atoms. The summed E-state index contributed by atoms with van der Waals surface area (Å²) >= 11 is 0. The van der Waals surface area contributed by atoms with Crippen LogP contribution in [0.1, 0.15) is 0 Å². The predicted molar refractivity (Wildman–Crippen MR) is 0 cm³/mol. The molecule has 0 aliphatic rings. The van der Waals surface area contributed by atoms with Gasteiger partial charge in [0.25, 0.3) is 0 Å². The summed E-state index contributed by atoms with van der Waals surface area (Å²) in [6.45, 7) is 0. The van der Waals surface area contributed by atoms with Crippen LogP contribution in [0.25, 0.3) is 0 Å². The fourth-order valence-electron chi connectivity index (χ4n) is 0. The molecule has 0 spiro atoms. The van der Waals surface area contributed by atoms with Crippen LogP contribution in [-0.2, 0) is 67.4 Å². The molecule has 0 bridgehead atoms. The van der Waals surface area contributed by atoms with Gasteiger partial charge >= 0.3 is 0 Å². The molecule has 0 N–H and O–H groups in total. The Morgan fingerprint density at radius 1 is 0.500 bits per heavy atom. The molecule has 0 aromatic heterocycles. The molecule has 0 rings (SSSR count). The van der Waals surface area contributed by atoms with E-state index in [1.807, 2.05) is 0 Å². The summed E-state index contributed by atoms with van der Waals surface area (Å²) < 4.78 is 0. The van der Waals surface area contributed by atoms with Crippen molar-refractivity contribution in [2.75, 3.05) is 0 Å². The van der Waals surface area contributed by atoms with Crippen LogP contribution >= 0.6 is 0 Å². The minimum atomic E-state index is 0. The monoisotopic (exact) mass is 240 g/mol. The van der Waals surface area contributed by atoms with E-state index < -0.39 is 0 Å². The van der Waals surface area contributed by atoms with Crippen LogP contribution < -0.4 is 0 Å². The molecule has 0 amide bonds. The molecule has 0 saturated heterocycles. The third-order valence-electron chi connectivity index (χ3n) is 0. The van der Waals surface area contributed by atoms with Crippen molar-refractivity contribution in [1.29, 1.82) is 0 Å². The van der Waals surface area contributed by atoms with E-state index in [2.05, 4.69) is 0 Å². The van der Waals surface area contributed by atoms with Gasteiger partial charge in [0.1, 0.15) is 0 Å².